The van der Waals surface area contributed by atoms with Gasteiger partial charge in [0.05, 0.1) is 0 Å². The molecule has 1 aliphatic heterocycles. The Morgan fingerprint density at radius 1 is 1.00 bits per heavy atom. The number of rotatable bonds is 7. The molecular weight excluding hydrogens is 250 g/mol. The monoisotopic (exact) mass is 280 g/mol. The summed E-state index contributed by atoms with van der Waals surface area (Å²) in [6, 6.07) is 0. The van der Waals surface area contributed by atoms with Crippen LogP contribution >= 0.6 is 7.44 Å². The van der Waals surface area contributed by atoms with E-state index in [1.54, 1.807) is 0 Å². The molecule has 0 saturated carbocycles. The third-order valence-electron chi connectivity index (χ3n) is 4.31. The molecule has 0 aromatic carbocycles. The molecule has 1 heterocycles. The normalized spacial score (nSPS) is 31.9. The zero-order valence-corrected chi connectivity index (χ0v) is 13.8. The van der Waals surface area contributed by atoms with Crippen LogP contribution in [0.5, 0.6) is 0 Å². The molecule has 0 amide bonds. The Kier molecular flexibility index (Phi) is 4.81. The van der Waals surface area contributed by atoms with Crippen molar-refractivity contribution in [2.24, 2.45) is 0 Å². The van der Waals surface area contributed by atoms with Crippen molar-refractivity contribution in [3.63, 3.8) is 0 Å². The fraction of sp³-hybridized carbons (Fsp3) is 1.00. The Hall–Kier alpha value is 0.240. The Balaban J connectivity index is 3.11. The molecule has 1 aliphatic rings. The summed E-state index contributed by atoms with van der Waals surface area (Å²) in [5.74, 6) is 0. The van der Waals surface area contributed by atoms with E-state index in [2.05, 4.69) is 6.92 Å². The van der Waals surface area contributed by atoms with E-state index in [9.17, 15) is 0 Å². The SMILES string of the molecule is CCN(CC)P1(F)(N(CC)CC)CC(C)(CC)O1. The van der Waals surface area contributed by atoms with Gasteiger partial charge in [0.2, 0.25) is 0 Å². The summed E-state index contributed by atoms with van der Waals surface area (Å²) in [4.78, 5) is 0. The fourth-order valence-electron chi connectivity index (χ4n) is 3.21. The summed E-state index contributed by atoms with van der Waals surface area (Å²) in [5, 5.41) is 0. The molecule has 0 aromatic rings. The first-order valence-electron chi connectivity index (χ1n) is 7.28. The van der Waals surface area contributed by atoms with E-state index in [0.717, 1.165) is 6.42 Å². The van der Waals surface area contributed by atoms with Gasteiger partial charge in [-0.25, -0.2) is 0 Å². The van der Waals surface area contributed by atoms with Crippen LogP contribution < -0.4 is 0 Å². The second-order valence-electron chi connectivity index (χ2n) is 5.34. The van der Waals surface area contributed by atoms with Gasteiger partial charge in [0.1, 0.15) is 0 Å². The third kappa shape index (κ3) is 2.22. The van der Waals surface area contributed by atoms with E-state index in [1.807, 2.05) is 44.0 Å². The summed E-state index contributed by atoms with van der Waals surface area (Å²) in [6.45, 7) is 15.0. The zero-order chi connectivity index (χ0) is 14.1. The van der Waals surface area contributed by atoms with Gasteiger partial charge in [0, 0.05) is 0 Å². The topological polar surface area (TPSA) is 15.7 Å². The second kappa shape index (κ2) is 5.32. The molecule has 1 atom stereocenters. The van der Waals surface area contributed by atoms with E-state index >= 15 is 4.20 Å². The van der Waals surface area contributed by atoms with Gasteiger partial charge in [-0.15, -0.1) is 0 Å². The van der Waals surface area contributed by atoms with Crippen LogP contribution in [-0.2, 0) is 4.52 Å². The molecule has 0 N–H and O–H groups in total. The standard InChI is InChI=1S/C13H30FN2OP/c1-7-13(6)12-18(14,17-13,15(8-2)9-3)16(10-4)11-5/h7-12H2,1-6H3. The van der Waals surface area contributed by atoms with E-state index < -0.39 is 7.44 Å². The molecule has 1 unspecified atom stereocenters. The number of halogens is 1. The summed E-state index contributed by atoms with van der Waals surface area (Å²) in [7, 11) is -3.78. The van der Waals surface area contributed by atoms with Crippen LogP contribution in [0.1, 0.15) is 48.0 Å². The third-order valence-corrected chi connectivity index (χ3v) is 9.64. The molecule has 1 rings (SSSR count). The number of nitrogens with zero attached hydrogens (tertiary/aromatic N) is 2. The summed E-state index contributed by atoms with van der Waals surface area (Å²) >= 11 is 0. The van der Waals surface area contributed by atoms with Gasteiger partial charge < -0.3 is 0 Å². The predicted octanol–water partition coefficient (Wildman–Crippen LogP) is 4.05. The van der Waals surface area contributed by atoms with Crippen molar-refractivity contribution in [1.82, 2.24) is 9.34 Å². The van der Waals surface area contributed by atoms with Crippen LogP contribution in [0.4, 0.5) is 4.20 Å². The Labute approximate surface area is 112 Å². The average Bonchev–Trinajstić information content (AvgIpc) is 2.30. The average molecular weight is 280 g/mol. The van der Waals surface area contributed by atoms with E-state index in [1.165, 1.54) is 0 Å². The molecule has 0 spiro atoms. The molecule has 0 radical (unpaired) electrons. The van der Waals surface area contributed by atoms with Crippen LogP contribution in [0.2, 0.25) is 0 Å². The van der Waals surface area contributed by atoms with Crippen LogP contribution in [0.3, 0.4) is 0 Å². The van der Waals surface area contributed by atoms with Crippen molar-refractivity contribution in [2.45, 2.75) is 53.6 Å². The maximum atomic E-state index is 16.1. The van der Waals surface area contributed by atoms with Gasteiger partial charge in [0.15, 0.2) is 0 Å². The van der Waals surface area contributed by atoms with Crippen molar-refractivity contribution in [3.8, 4) is 0 Å². The molecule has 0 aromatic heterocycles. The van der Waals surface area contributed by atoms with E-state index in [0.29, 0.717) is 32.3 Å². The van der Waals surface area contributed by atoms with E-state index in [4.69, 9.17) is 4.52 Å². The first-order valence-corrected chi connectivity index (χ1v) is 9.42. The molecule has 1 fully saturated rings. The quantitative estimate of drug-likeness (QED) is 0.654. The Morgan fingerprint density at radius 3 is 1.56 bits per heavy atom. The first-order chi connectivity index (χ1) is 8.33. The second-order valence-corrected chi connectivity index (χ2v) is 8.97. The van der Waals surface area contributed by atoms with Gasteiger partial charge >= 0.3 is 111 Å². The van der Waals surface area contributed by atoms with Crippen molar-refractivity contribution >= 4 is 7.44 Å². The summed E-state index contributed by atoms with van der Waals surface area (Å²) in [5.41, 5.74) is -0.280. The van der Waals surface area contributed by atoms with E-state index in [-0.39, 0.29) is 5.60 Å². The molecule has 1 saturated heterocycles. The van der Waals surface area contributed by atoms with Crippen LogP contribution in [-0.4, -0.2) is 47.3 Å². The Bertz CT molecular complexity index is 271. The molecule has 0 bridgehead atoms. The van der Waals surface area contributed by atoms with Crippen molar-refractivity contribution in [1.29, 1.82) is 0 Å². The molecule has 5 heteroatoms. The summed E-state index contributed by atoms with van der Waals surface area (Å²) < 4.78 is 26.0. The number of hydrogen-bond donors (Lipinski definition) is 0. The van der Waals surface area contributed by atoms with Crippen molar-refractivity contribution in [2.75, 3.05) is 32.3 Å². The van der Waals surface area contributed by atoms with Crippen LogP contribution in [0, 0.1) is 0 Å². The van der Waals surface area contributed by atoms with Gasteiger partial charge in [-0.3, -0.25) is 0 Å². The minimum absolute atomic E-state index is 0.280. The fourth-order valence-corrected chi connectivity index (χ4v) is 8.73. The minimum atomic E-state index is -3.78. The first kappa shape index (κ1) is 16.3. The van der Waals surface area contributed by atoms with Crippen LogP contribution in [0.25, 0.3) is 0 Å². The molecule has 18 heavy (non-hydrogen) atoms. The molecule has 110 valence electrons. The number of hydrogen-bond acceptors (Lipinski definition) is 3. The molecule has 0 aliphatic carbocycles. The van der Waals surface area contributed by atoms with Gasteiger partial charge in [0.25, 0.3) is 0 Å². The van der Waals surface area contributed by atoms with Gasteiger partial charge in [-0.2, -0.15) is 0 Å². The summed E-state index contributed by atoms with van der Waals surface area (Å²) in [6.07, 6.45) is 1.43. The maximum absolute atomic E-state index is 16.1. The van der Waals surface area contributed by atoms with Crippen molar-refractivity contribution in [3.05, 3.63) is 0 Å². The Morgan fingerprint density at radius 2 is 1.33 bits per heavy atom. The predicted molar refractivity (Wildman–Crippen MR) is 78.5 cm³/mol. The van der Waals surface area contributed by atoms with Crippen LogP contribution in [0.15, 0.2) is 0 Å². The molecule has 3 nitrogen and oxygen atoms in total. The van der Waals surface area contributed by atoms with Gasteiger partial charge in [-0.05, 0) is 0 Å². The van der Waals surface area contributed by atoms with Crippen molar-refractivity contribution < 1.29 is 8.72 Å². The molecular formula is C13H30FN2OP. The zero-order valence-electron chi connectivity index (χ0n) is 12.9. The van der Waals surface area contributed by atoms with Gasteiger partial charge in [-0.1, -0.05) is 0 Å².